The van der Waals surface area contributed by atoms with Crippen molar-refractivity contribution in [3.05, 3.63) is 28.8 Å². The van der Waals surface area contributed by atoms with Crippen LogP contribution < -0.4 is 5.32 Å². The maximum Gasteiger partial charge on any atom is 0.338 e. The standard InChI is InChI=1S/C21H31NO6S/c1-20(2,3)15-9-13(10-16(18(15)24)21(4,5)6)19(25)28-11-17(23)22-14-7-8-29(26,27)12-14/h9-10,14,24H,7-8,11-12H2,1-6H3,(H,22,23)/t14-/m0/s1. The molecule has 1 aromatic rings. The van der Waals surface area contributed by atoms with E-state index in [2.05, 4.69) is 5.32 Å². The van der Waals surface area contributed by atoms with E-state index >= 15 is 0 Å². The SMILES string of the molecule is CC(C)(C)c1cc(C(=O)OCC(=O)N[C@H]2CCS(=O)(=O)C2)cc(C(C)(C)C)c1O. The van der Waals surface area contributed by atoms with Gasteiger partial charge < -0.3 is 15.2 Å². The van der Waals surface area contributed by atoms with E-state index in [4.69, 9.17) is 4.74 Å². The third-order valence-corrected chi connectivity index (χ3v) is 6.66. The van der Waals surface area contributed by atoms with Crippen molar-refractivity contribution in [3.63, 3.8) is 0 Å². The molecule has 1 saturated heterocycles. The zero-order chi connectivity index (χ0) is 22.2. The number of rotatable bonds is 4. The summed E-state index contributed by atoms with van der Waals surface area (Å²) in [4.78, 5) is 24.6. The fourth-order valence-corrected chi connectivity index (χ4v) is 4.96. The van der Waals surface area contributed by atoms with Gasteiger partial charge in [-0.25, -0.2) is 13.2 Å². The highest BCUT2D eigenvalue weighted by molar-refractivity contribution is 7.91. The Hall–Kier alpha value is -2.09. The molecule has 0 unspecified atom stereocenters. The highest BCUT2D eigenvalue weighted by atomic mass is 32.2. The van der Waals surface area contributed by atoms with Gasteiger partial charge in [-0.05, 0) is 29.4 Å². The van der Waals surface area contributed by atoms with E-state index in [-0.39, 0.29) is 22.8 Å². The second-order valence-electron chi connectivity index (χ2n) is 9.66. The first kappa shape index (κ1) is 23.2. The normalized spacial score (nSPS) is 19.0. The highest BCUT2D eigenvalue weighted by Crippen LogP contribution is 2.39. The summed E-state index contributed by atoms with van der Waals surface area (Å²) in [5, 5.41) is 13.3. The predicted molar refractivity (Wildman–Crippen MR) is 111 cm³/mol. The number of hydrogen-bond donors (Lipinski definition) is 2. The maximum atomic E-state index is 12.6. The number of hydrogen-bond acceptors (Lipinski definition) is 6. The molecule has 1 amide bonds. The van der Waals surface area contributed by atoms with Crippen LogP contribution in [0.2, 0.25) is 0 Å². The number of aromatic hydroxyl groups is 1. The second kappa shape index (κ2) is 7.97. The number of carbonyl (C=O) groups excluding carboxylic acids is 2. The fraction of sp³-hybridized carbons (Fsp3) is 0.619. The van der Waals surface area contributed by atoms with Gasteiger partial charge in [-0.3, -0.25) is 4.79 Å². The number of phenols is 1. The quantitative estimate of drug-likeness (QED) is 0.717. The number of nitrogens with one attached hydrogen (secondary N) is 1. The van der Waals surface area contributed by atoms with Crippen LogP contribution in [0, 0.1) is 0 Å². The summed E-state index contributed by atoms with van der Waals surface area (Å²) in [6.07, 6.45) is 0.365. The molecule has 29 heavy (non-hydrogen) atoms. The van der Waals surface area contributed by atoms with Crippen molar-refractivity contribution >= 4 is 21.7 Å². The zero-order valence-electron chi connectivity index (χ0n) is 18.0. The smallest absolute Gasteiger partial charge is 0.338 e. The van der Waals surface area contributed by atoms with Crippen LogP contribution in [0.4, 0.5) is 0 Å². The van der Waals surface area contributed by atoms with Crippen molar-refractivity contribution in [2.24, 2.45) is 0 Å². The lowest BCUT2D eigenvalue weighted by Gasteiger charge is -2.28. The third-order valence-electron chi connectivity index (χ3n) is 4.89. The van der Waals surface area contributed by atoms with Gasteiger partial charge >= 0.3 is 5.97 Å². The topological polar surface area (TPSA) is 110 Å². The van der Waals surface area contributed by atoms with Gasteiger partial charge in [-0.15, -0.1) is 0 Å². The number of benzene rings is 1. The number of sulfone groups is 1. The average Bonchev–Trinajstić information content (AvgIpc) is 2.89. The molecule has 1 aromatic carbocycles. The molecule has 2 rings (SSSR count). The predicted octanol–water partition coefficient (Wildman–Crippen LogP) is 2.45. The monoisotopic (exact) mass is 425 g/mol. The molecule has 1 heterocycles. The molecule has 162 valence electrons. The molecule has 0 bridgehead atoms. The van der Waals surface area contributed by atoms with Crippen LogP contribution in [-0.4, -0.2) is 49.6 Å². The summed E-state index contributed by atoms with van der Waals surface area (Å²) in [6, 6.07) is 2.74. The van der Waals surface area contributed by atoms with Gasteiger partial charge in [0.2, 0.25) is 0 Å². The van der Waals surface area contributed by atoms with Gasteiger partial charge in [-0.2, -0.15) is 0 Å². The first-order chi connectivity index (χ1) is 13.1. The van der Waals surface area contributed by atoms with Gasteiger partial charge in [0.25, 0.3) is 5.91 Å². The van der Waals surface area contributed by atoms with E-state index in [0.29, 0.717) is 17.5 Å². The summed E-state index contributed by atoms with van der Waals surface area (Å²) in [5.41, 5.74) is 0.709. The Balaban J connectivity index is 2.15. The molecule has 1 fully saturated rings. The van der Waals surface area contributed by atoms with E-state index in [0.717, 1.165) is 0 Å². The van der Waals surface area contributed by atoms with Crippen LogP contribution in [-0.2, 0) is 30.2 Å². The Kier molecular flexibility index (Phi) is 6.37. The summed E-state index contributed by atoms with van der Waals surface area (Å²) < 4.78 is 28.1. The van der Waals surface area contributed by atoms with Gasteiger partial charge in [0.1, 0.15) is 5.75 Å². The lowest BCUT2D eigenvalue weighted by atomic mass is 9.78. The van der Waals surface area contributed by atoms with Crippen LogP contribution in [0.1, 0.15) is 69.4 Å². The Bertz CT molecular complexity index is 871. The summed E-state index contributed by atoms with van der Waals surface area (Å²) >= 11 is 0. The van der Waals surface area contributed by atoms with Crippen LogP contribution in [0.25, 0.3) is 0 Å². The molecular weight excluding hydrogens is 394 g/mol. The minimum absolute atomic E-state index is 0.0520. The number of carbonyl (C=O) groups is 2. The average molecular weight is 426 g/mol. The van der Waals surface area contributed by atoms with Crippen molar-refractivity contribution in [2.45, 2.75) is 64.8 Å². The summed E-state index contributed by atoms with van der Waals surface area (Å²) in [6.45, 7) is 11.1. The van der Waals surface area contributed by atoms with Crippen molar-refractivity contribution in [2.75, 3.05) is 18.1 Å². The number of phenolic OH excluding ortho intramolecular Hbond substituents is 1. The Morgan fingerprint density at radius 2 is 1.62 bits per heavy atom. The number of ether oxygens (including phenoxy) is 1. The molecule has 1 aliphatic rings. The minimum atomic E-state index is -3.10. The molecule has 0 spiro atoms. The lowest BCUT2D eigenvalue weighted by molar-refractivity contribution is -0.124. The van der Waals surface area contributed by atoms with Crippen molar-refractivity contribution in [1.29, 1.82) is 0 Å². The second-order valence-corrected chi connectivity index (χ2v) is 11.9. The molecule has 0 radical (unpaired) electrons. The molecule has 7 nitrogen and oxygen atoms in total. The number of amides is 1. The molecular formula is C21H31NO6S. The first-order valence-corrected chi connectivity index (χ1v) is 11.5. The van der Waals surface area contributed by atoms with Crippen LogP contribution in [0.5, 0.6) is 5.75 Å². The largest absolute Gasteiger partial charge is 0.507 e. The van der Waals surface area contributed by atoms with Crippen molar-refractivity contribution in [1.82, 2.24) is 5.32 Å². The van der Waals surface area contributed by atoms with Crippen LogP contribution >= 0.6 is 0 Å². The van der Waals surface area contributed by atoms with Crippen molar-refractivity contribution in [3.8, 4) is 5.75 Å². The van der Waals surface area contributed by atoms with Gasteiger partial charge in [0.05, 0.1) is 17.1 Å². The fourth-order valence-electron chi connectivity index (χ4n) is 3.29. The van der Waals surface area contributed by atoms with E-state index in [1.807, 2.05) is 41.5 Å². The molecule has 0 aromatic heterocycles. The van der Waals surface area contributed by atoms with Gasteiger partial charge in [0.15, 0.2) is 16.4 Å². The molecule has 2 N–H and O–H groups in total. The zero-order valence-corrected chi connectivity index (χ0v) is 18.8. The minimum Gasteiger partial charge on any atom is -0.507 e. The summed E-state index contributed by atoms with van der Waals surface area (Å²) in [7, 11) is -3.10. The molecule has 0 saturated carbocycles. The third kappa shape index (κ3) is 5.95. The Morgan fingerprint density at radius 3 is 2.03 bits per heavy atom. The van der Waals surface area contributed by atoms with E-state index in [9.17, 15) is 23.1 Å². The maximum absolute atomic E-state index is 12.6. The van der Waals surface area contributed by atoms with Crippen LogP contribution in [0.15, 0.2) is 12.1 Å². The molecule has 1 aliphatic heterocycles. The van der Waals surface area contributed by atoms with Gasteiger partial charge in [0, 0.05) is 17.2 Å². The van der Waals surface area contributed by atoms with E-state index in [1.165, 1.54) is 0 Å². The van der Waals surface area contributed by atoms with E-state index in [1.54, 1.807) is 12.1 Å². The molecule has 1 atom stereocenters. The Labute approximate surface area is 172 Å². The first-order valence-electron chi connectivity index (χ1n) is 9.65. The molecule has 8 heteroatoms. The molecule has 0 aliphatic carbocycles. The van der Waals surface area contributed by atoms with Gasteiger partial charge in [-0.1, -0.05) is 41.5 Å². The van der Waals surface area contributed by atoms with Crippen LogP contribution in [0.3, 0.4) is 0 Å². The number of esters is 1. The summed E-state index contributed by atoms with van der Waals surface area (Å²) in [5.74, 6) is -1.09. The lowest BCUT2D eigenvalue weighted by Crippen LogP contribution is -2.38. The highest BCUT2D eigenvalue weighted by Gasteiger charge is 2.30. The van der Waals surface area contributed by atoms with E-state index < -0.39 is 45.2 Å². The van der Waals surface area contributed by atoms with Crippen molar-refractivity contribution < 1.29 is 27.9 Å². The Morgan fingerprint density at radius 1 is 1.10 bits per heavy atom.